The van der Waals surface area contributed by atoms with E-state index in [4.69, 9.17) is 15.2 Å². The minimum atomic E-state index is -0.168. The quantitative estimate of drug-likeness (QED) is 0.919. The monoisotopic (exact) mass is 271 g/mol. The lowest BCUT2D eigenvalue weighted by Crippen LogP contribution is -2.19. The molecule has 1 aliphatic rings. The van der Waals surface area contributed by atoms with Crippen molar-refractivity contribution in [3.05, 3.63) is 22.2 Å². The average Bonchev–Trinajstić information content (AvgIpc) is 2.96. The zero-order valence-corrected chi connectivity index (χ0v) is 10.4. The molecule has 0 unspecified atom stereocenters. The lowest BCUT2D eigenvalue weighted by molar-refractivity contribution is 0.352. The Morgan fingerprint density at radius 3 is 2.40 bits per heavy atom. The van der Waals surface area contributed by atoms with Gasteiger partial charge in [-0.2, -0.15) is 0 Å². The van der Waals surface area contributed by atoms with Gasteiger partial charge < -0.3 is 15.2 Å². The molecule has 82 valence electrons. The fourth-order valence-corrected chi connectivity index (χ4v) is 2.56. The lowest BCUT2D eigenvalue weighted by atomic mass is 10.1. The molecule has 1 aromatic carbocycles. The van der Waals surface area contributed by atoms with Crippen molar-refractivity contribution in [2.24, 2.45) is 5.73 Å². The molecule has 0 atom stereocenters. The number of ether oxygens (including phenoxy) is 2. The molecule has 0 spiro atoms. The highest BCUT2D eigenvalue weighted by atomic mass is 79.9. The van der Waals surface area contributed by atoms with Crippen molar-refractivity contribution >= 4 is 15.9 Å². The van der Waals surface area contributed by atoms with Crippen LogP contribution in [0.4, 0.5) is 0 Å². The second kappa shape index (κ2) is 3.68. The van der Waals surface area contributed by atoms with Crippen LogP contribution in [0.1, 0.15) is 18.4 Å². The largest absolute Gasteiger partial charge is 0.493 e. The summed E-state index contributed by atoms with van der Waals surface area (Å²) in [7, 11) is 3.25. The third kappa shape index (κ3) is 1.72. The van der Waals surface area contributed by atoms with E-state index in [0.717, 1.165) is 28.6 Å². The maximum absolute atomic E-state index is 6.16. The van der Waals surface area contributed by atoms with Gasteiger partial charge in [-0.25, -0.2) is 0 Å². The van der Waals surface area contributed by atoms with Gasteiger partial charge in [-0.3, -0.25) is 0 Å². The Labute approximate surface area is 97.7 Å². The van der Waals surface area contributed by atoms with Gasteiger partial charge in [0.05, 0.1) is 18.7 Å². The summed E-state index contributed by atoms with van der Waals surface area (Å²) >= 11 is 3.52. The Balaban J connectivity index is 2.51. The number of hydrogen-bond acceptors (Lipinski definition) is 3. The molecule has 0 saturated heterocycles. The van der Waals surface area contributed by atoms with Crippen LogP contribution in [-0.4, -0.2) is 14.2 Å². The molecular weight excluding hydrogens is 258 g/mol. The van der Waals surface area contributed by atoms with E-state index in [1.165, 1.54) is 0 Å². The molecular formula is C11H14BrNO2. The first-order valence-corrected chi connectivity index (χ1v) is 5.61. The molecule has 0 aliphatic heterocycles. The van der Waals surface area contributed by atoms with E-state index in [1.54, 1.807) is 14.2 Å². The number of rotatable bonds is 3. The van der Waals surface area contributed by atoms with Gasteiger partial charge >= 0.3 is 0 Å². The summed E-state index contributed by atoms with van der Waals surface area (Å²) in [6, 6.07) is 3.89. The molecule has 0 radical (unpaired) electrons. The fourth-order valence-electron chi connectivity index (χ4n) is 1.68. The van der Waals surface area contributed by atoms with Crippen LogP contribution in [0.2, 0.25) is 0 Å². The predicted molar refractivity (Wildman–Crippen MR) is 62.3 cm³/mol. The van der Waals surface area contributed by atoms with Gasteiger partial charge in [0.2, 0.25) is 0 Å². The highest BCUT2D eigenvalue weighted by molar-refractivity contribution is 9.10. The van der Waals surface area contributed by atoms with E-state index in [0.29, 0.717) is 5.75 Å². The first-order valence-electron chi connectivity index (χ1n) is 4.82. The second-order valence-corrected chi connectivity index (χ2v) is 4.61. The van der Waals surface area contributed by atoms with Crippen LogP contribution in [0.5, 0.6) is 11.5 Å². The highest BCUT2D eigenvalue weighted by Crippen LogP contribution is 2.49. The standard InChI is InChI=1S/C11H14BrNO2/c1-14-8-4-3-7(11(13)5-6-11)9(12)10(8)15-2/h3-4H,5-6,13H2,1-2H3. The van der Waals surface area contributed by atoms with Crippen LogP contribution in [0, 0.1) is 0 Å². The first kappa shape index (κ1) is 10.8. The average molecular weight is 272 g/mol. The van der Waals surface area contributed by atoms with Crippen LogP contribution in [0.15, 0.2) is 16.6 Å². The molecule has 1 aliphatic carbocycles. The SMILES string of the molecule is COc1ccc(C2(N)CC2)c(Br)c1OC. The third-order valence-corrected chi connectivity index (χ3v) is 3.60. The van der Waals surface area contributed by atoms with Crippen molar-refractivity contribution in [2.75, 3.05) is 14.2 Å². The number of methoxy groups -OCH3 is 2. The van der Waals surface area contributed by atoms with Crippen molar-refractivity contribution in [3.8, 4) is 11.5 Å². The second-order valence-electron chi connectivity index (χ2n) is 3.82. The minimum absolute atomic E-state index is 0.168. The summed E-state index contributed by atoms with van der Waals surface area (Å²) in [4.78, 5) is 0. The van der Waals surface area contributed by atoms with E-state index in [1.807, 2.05) is 12.1 Å². The number of hydrogen-bond donors (Lipinski definition) is 1. The molecule has 0 aromatic heterocycles. The summed E-state index contributed by atoms with van der Waals surface area (Å²) in [5.41, 5.74) is 7.09. The maximum Gasteiger partial charge on any atom is 0.175 e. The molecule has 2 N–H and O–H groups in total. The summed E-state index contributed by atoms with van der Waals surface area (Å²) in [5.74, 6) is 1.43. The van der Waals surface area contributed by atoms with Gasteiger partial charge in [-0.1, -0.05) is 6.07 Å². The normalized spacial score (nSPS) is 17.3. The predicted octanol–water partition coefficient (Wildman–Crippen LogP) is 2.41. The lowest BCUT2D eigenvalue weighted by Gasteiger charge is -2.16. The molecule has 3 nitrogen and oxygen atoms in total. The van der Waals surface area contributed by atoms with E-state index in [9.17, 15) is 0 Å². The number of benzene rings is 1. The molecule has 0 bridgehead atoms. The summed E-state index contributed by atoms with van der Waals surface area (Å²) < 4.78 is 11.4. The maximum atomic E-state index is 6.16. The third-order valence-electron chi connectivity index (χ3n) is 2.81. The smallest absolute Gasteiger partial charge is 0.175 e. The Kier molecular flexibility index (Phi) is 2.64. The molecule has 0 amide bonds. The zero-order valence-electron chi connectivity index (χ0n) is 8.84. The Bertz CT molecular complexity index is 388. The molecule has 15 heavy (non-hydrogen) atoms. The Hall–Kier alpha value is -0.740. The van der Waals surface area contributed by atoms with Gasteiger partial charge in [-0.05, 0) is 40.4 Å². The number of nitrogens with two attached hydrogens (primary N) is 1. The first-order chi connectivity index (χ1) is 7.12. The zero-order chi connectivity index (χ0) is 11.1. The molecule has 2 rings (SSSR count). The van der Waals surface area contributed by atoms with Crippen LogP contribution in [0.25, 0.3) is 0 Å². The Morgan fingerprint density at radius 1 is 1.27 bits per heavy atom. The van der Waals surface area contributed by atoms with Crippen LogP contribution in [0.3, 0.4) is 0 Å². The van der Waals surface area contributed by atoms with Crippen LogP contribution < -0.4 is 15.2 Å². The van der Waals surface area contributed by atoms with Crippen LogP contribution in [-0.2, 0) is 5.54 Å². The van der Waals surface area contributed by atoms with Crippen molar-refractivity contribution < 1.29 is 9.47 Å². The van der Waals surface area contributed by atoms with Crippen LogP contribution >= 0.6 is 15.9 Å². The summed E-state index contributed by atoms with van der Waals surface area (Å²) in [6.45, 7) is 0. The number of halogens is 1. The van der Waals surface area contributed by atoms with Gasteiger partial charge in [0, 0.05) is 5.54 Å². The Morgan fingerprint density at radius 2 is 1.93 bits per heavy atom. The van der Waals surface area contributed by atoms with E-state index >= 15 is 0 Å². The van der Waals surface area contributed by atoms with Gasteiger partial charge in [0.25, 0.3) is 0 Å². The molecule has 1 aromatic rings. The van der Waals surface area contributed by atoms with Crippen molar-refractivity contribution in [3.63, 3.8) is 0 Å². The molecule has 1 fully saturated rings. The minimum Gasteiger partial charge on any atom is -0.493 e. The van der Waals surface area contributed by atoms with E-state index < -0.39 is 0 Å². The highest BCUT2D eigenvalue weighted by Gasteiger charge is 2.42. The van der Waals surface area contributed by atoms with E-state index in [-0.39, 0.29) is 5.54 Å². The van der Waals surface area contributed by atoms with E-state index in [2.05, 4.69) is 15.9 Å². The van der Waals surface area contributed by atoms with Crippen molar-refractivity contribution in [1.82, 2.24) is 0 Å². The molecule has 0 heterocycles. The summed E-state index contributed by atoms with van der Waals surface area (Å²) in [5, 5.41) is 0. The summed E-state index contributed by atoms with van der Waals surface area (Å²) in [6.07, 6.45) is 2.06. The molecule has 4 heteroatoms. The van der Waals surface area contributed by atoms with Gasteiger partial charge in [0.15, 0.2) is 11.5 Å². The van der Waals surface area contributed by atoms with Crippen molar-refractivity contribution in [2.45, 2.75) is 18.4 Å². The van der Waals surface area contributed by atoms with Gasteiger partial charge in [0.1, 0.15) is 0 Å². The molecule has 1 saturated carbocycles. The fraction of sp³-hybridized carbons (Fsp3) is 0.455. The van der Waals surface area contributed by atoms with Gasteiger partial charge in [-0.15, -0.1) is 0 Å². The van der Waals surface area contributed by atoms with Crippen molar-refractivity contribution in [1.29, 1.82) is 0 Å². The topological polar surface area (TPSA) is 44.5 Å².